The van der Waals surface area contributed by atoms with Crippen LogP contribution in [0.5, 0.6) is 0 Å². The molecular weight excluding hydrogens is 285 g/mol. The van der Waals surface area contributed by atoms with Crippen molar-refractivity contribution in [3.8, 4) is 0 Å². The Morgan fingerprint density at radius 2 is 2.00 bits per heavy atom. The van der Waals surface area contributed by atoms with E-state index < -0.39 is 0 Å². The molecule has 0 spiro atoms. The fourth-order valence-electron chi connectivity index (χ4n) is 2.42. The Balaban J connectivity index is 2.07. The number of carbonyl (C=O) groups excluding carboxylic acids is 1. The third-order valence-corrected chi connectivity index (χ3v) is 4.51. The number of nitrogens with zero attached hydrogens (tertiary/aromatic N) is 1. The van der Waals surface area contributed by atoms with E-state index in [2.05, 4.69) is 0 Å². The molecule has 1 aliphatic heterocycles. The molecule has 1 aromatic rings. The van der Waals surface area contributed by atoms with Crippen molar-refractivity contribution in [2.75, 3.05) is 13.1 Å². The zero-order valence-corrected chi connectivity index (χ0v) is 12.3. The second-order valence-corrected chi connectivity index (χ2v) is 5.76. The summed E-state index contributed by atoms with van der Waals surface area (Å²) in [5.41, 5.74) is 0.449. The van der Waals surface area contributed by atoms with Gasteiger partial charge in [-0.2, -0.15) is 0 Å². The number of halogens is 2. The van der Waals surface area contributed by atoms with E-state index in [4.69, 9.17) is 23.2 Å². The lowest BCUT2D eigenvalue weighted by molar-refractivity contribution is 0.0521. The minimum Gasteiger partial charge on any atom is -0.393 e. The number of aliphatic hydroxyl groups is 1. The van der Waals surface area contributed by atoms with Gasteiger partial charge in [0.25, 0.3) is 5.91 Å². The largest absolute Gasteiger partial charge is 0.393 e. The summed E-state index contributed by atoms with van der Waals surface area (Å²) in [5, 5.41) is 10.3. The van der Waals surface area contributed by atoms with Crippen LogP contribution in [0.4, 0.5) is 0 Å². The molecule has 1 aromatic carbocycles. The first-order valence-corrected chi connectivity index (χ1v) is 7.17. The molecule has 0 aromatic heterocycles. The van der Waals surface area contributed by atoms with Crippen LogP contribution in [0.2, 0.25) is 10.0 Å². The summed E-state index contributed by atoms with van der Waals surface area (Å²) in [6, 6.07) is 5.08. The number of hydrogen-bond donors (Lipinski definition) is 1. The zero-order chi connectivity index (χ0) is 14.0. The van der Waals surface area contributed by atoms with E-state index in [0.717, 1.165) is 12.8 Å². The average Bonchev–Trinajstić information content (AvgIpc) is 2.41. The third-order valence-electron chi connectivity index (χ3n) is 3.69. The molecule has 2 rings (SSSR count). The molecule has 1 amide bonds. The van der Waals surface area contributed by atoms with Crippen LogP contribution < -0.4 is 0 Å². The van der Waals surface area contributed by atoms with Crippen molar-refractivity contribution in [3.05, 3.63) is 33.8 Å². The minimum absolute atomic E-state index is 0.0865. The Morgan fingerprint density at radius 3 is 2.58 bits per heavy atom. The molecule has 5 heteroatoms. The monoisotopic (exact) mass is 301 g/mol. The maximum Gasteiger partial charge on any atom is 0.255 e. The highest BCUT2D eigenvalue weighted by Crippen LogP contribution is 2.28. The van der Waals surface area contributed by atoms with E-state index in [0.29, 0.717) is 28.7 Å². The van der Waals surface area contributed by atoms with Crippen molar-refractivity contribution in [1.29, 1.82) is 0 Å². The number of benzene rings is 1. The number of hydrogen-bond acceptors (Lipinski definition) is 2. The van der Waals surface area contributed by atoms with Crippen LogP contribution >= 0.6 is 23.2 Å². The fourth-order valence-corrected chi connectivity index (χ4v) is 2.81. The Bertz CT molecular complexity index is 469. The second-order valence-electron chi connectivity index (χ2n) is 4.97. The van der Waals surface area contributed by atoms with Gasteiger partial charge in [-0.25, -0.2) is 0 Å². The van der Waals surface area contributed by atoms with E-state index >= 15 is 0 Å². The van der Waals surface area contributed by atoms with E-state index in [-0.39, 0.29) is 17.9 Å². The summed E-state index contributed by atoms with van der Waals surface area (Å²) < 4.78 is 0. The van der Waals surface area contributed by atoms with E-state index in [1.165, 1.54) is 0 Å². The van der Waals surface area contributed by atoms with Gasteiger partial charge in [0.1, 0.15) is 0 Å². The first-order chi connectivity index (χ1) is 9.00. The zero-order valence-electron chi connectivity index (χ0n) is 10.8. The molecule has 0 radical (unpaired) electrons. The molecule has 1 aliphatic rings. The molecule has 1 atom stereocenters. The number of carbonyl (C=O) groups is 1. The fraction of sp³-hybridized carbons (Fsp3) is 0.500. The highest BCUT2D eigenvalue weighted by atomic mass is 35.5. The van der Waals surface area contributed by atoms with Crippen molar-refractivity contribution in [3.63, 3.8) is 0 Å². The Kier molecular flexibility index (Phi) is 4.71. The lowest BCUT2D eigenvalue weighted by Crippen LogP contribution is -2.40. The highest BCUT2D eigenvalue weighted by Gasteiger charge is 2.27. The van der Waals surface area contributed by atoms with Crippen molar-refractivity contribution >= 4 is 29.1 Å². The van der Waals surface area contributed by atoms with Gasteiger partial charge in [-0.3, -0.25) is 4.79 Å². The van der Waals surface area contributed by atoms with E-state index in [1.54, 1.807) is 30.0 Å². The predicted octanol–water partition coefficient (Wildman–Crippen LogP) is 3.23. The highest BCUT2D eigenvalue weighted by molar-refractivity contribution is 6.43. The molecule has 1 N–H and O–H groups in total. The summed E-state index contributed by atoms with van der Waals surface area (Å²) >= 11 is 12.0. The maximum atomic E-state index is 12.4. The van der Waals surface area contributed by atoms with Crippen LogP contribution in [-0.2, 0) is 0 Å². The Hall–Kier alpha value is -0.770. The van der Waals surface area contributed by atoms with Crippen molar-refractivity contribution in [2.45, 2.75) is 25.9 Å². The molecular formula is C14H17Cl2NO2. The van der Waals surface area contributed by atoms with Gasteiger partial charge >= 0.3 is 0 Å². The van der Waals surface area contributed by atoms with Crippen LogP contribution in [0.1, 0.15) is 30.1 Å². The summed E-state index contributed by atoms with van der Waals surface area (Å²) in [7, 11) is 0. The normalized spacial score (nSPS) is 18.4. The topological polar surface area (TPSA) is 40.5 Å². The van der Waals surface area contributed by atoms with E-state index in [1.807, 2.05) is 0 Å². The van der Waals surface area contributed by atoms with Gasteiger partial charge in [0.05, 0.1) is 21.7 Å². The van der Waals surface area contributed by atoms with Crippen LogP contribution in [-0.4, -0.2) is 35.1 Å². The standard InChI is InChI=1S/C14H17Cl2NO2/c1-9(18)10-5-7-17(8-6-10)14(19)11-3-2-4-12(15)13(11)16/h2-4,9-10,18H,5-8H2,1H3. The van der Waals surface area contributed by atoms with Gasteiger partial charge in [-0.15, -0.1) is 0 Å². The molecule has 1 unspecified atom stereocenters. The van der Waals surface area contributed by atoms with Crippen LogP contribution in [0, 0.1) is 5.92 Å². The van der Waals surface area contributed by atoms with Gasteiger partial charge < -0.3 is 10.0 Å². The van der Waals surface area contributed by atoms with Gasteiger partial charge in [0, 0.05) is 13.1 Å². The minimum atomic E-state index is -0.313. The maximum absolute atomic E-state index is 12.4. The molecule has 104 valence electrons. The van der Waals surface area contributed by atoms with E-state index in [9.17, 15) is 9.90 Å². The number of aliphatic hydroxyl groups excluding tert-OH is 1. The lowest BCUT2D eigenvalue weighted by Gasteiger charge is -2.33. The molecule has 0 bridgehead atoms. The number of amides is 1. The molecule has 1 fully saturated rings. The molecule has 1 heterocycles. The van der Waals surface area contributed by atoms with Crippen LogP contribution in [0.15, 0.2) is 18.2 Å². The van der Waals surface area contributed by atoms with Gasteiger partial charge in [0.15, 0.2) is 0 Å². The Morgan fingerprint density at radius 1 is 1.37 bits per heavy atom. The average molecular weight is 302 g/mol. The summed E-state index contributed by atoms with van der Waals surface area (Å²) in [5.74, 6) is 0.190. The van der Waals surface area contributed by atoms with Gasteiger partial charge in [-0.1, -0.05) is 29.3 Å². The van der Waals surface area contributed by atoms with Crippen molar-refractivity contribution in [1.82, 2.24) is 4.90 Å². The van der Waals surface area contributed by atoms with Gasteiger partial charge in [0.2, 0.25) is 0 Å². The number of likely N-dealkylation sites (tertiary alicyclic amines) is 1. The summed E-state index contributed by atoms with van der Waals surface area (Å²) in [6.07, 6.45) is 1.33. The second kappa shape index (κ2) is 6.12. The SMILES string of the molecule is CC(O)C1CCN(C(=O)c2cccc(Cl)c2Cl)CC1. The lowest BCUT2D eigenvalue weighted by atomic mass is 9.92. The molecule has 0 saturated carbocycles. The smallest absolute Gasteiger partial charge is 0.255 e. The summed E-state index contributed by atoms with van der Waals surface area (Å²) in [4.78, 5) is 14.1. The predicted molar refractivity (Wildman–Crippen MR) is 76.8 cm³/mol. The quantitative estimate of drug-likeness (QED) is 0.911. The van der Waals surface area contributed by atoms with Crippen molar-refractivity contribution < 1.29 is 9.90 Å². The molecule has 0 aliphatic carbocycles. The molecule has 1 saturated heterocycles. The van der Waals surface area contributed by atoms with Crippen LogP contribution in [0.25, 0.3) is 0 Å². The Labute approximate surface area is 123 Å². The van der Waals surface area contributed by atoms with Crippen molar-refractivity contribution in [2.24, 2.45) is 5.92 Å². The summed E-state index contributed by atoms with van der Waals surface area (Å²) in [6.45, 7) is 3.10. The molecule has 3 nitrogen and oxygen atoms in total. The third kappa shape index (κ3) is 3.22. The molecule has 19 heavy (non-hydrogen) atoms. The van der Waals surface area contributed by atoms with Gasteiger partial charge in [-0.05, 0) is 37.8 Å². The first-order valence-electron chi connectivity index (χ1n) is 6.42. The first kappa shape index (κ1) is 14.6. The number of piperidine rings is 1. The van der Waals surface area contributed by atoms with Crippen LogP contribution in [0.3, 0.4) is 0 Å². The number of rotatable bonds is 2.